The van der Waals surface area contributed by atoms with Gasteiger partial charge in [0.1, 0.15) is 0 Å². The van der Waals surface area contributed by atoms with Crippen LogP contribution in [0.15, 0.2) is 46.4 Å². The maximum Gasteiger partial charge on any atom is 0.239 e. The van der Waals surface area contributed by atoms with Crippen LogP contribution >= 0.6 is 0 Å². The molecule has 3 aliphatic heterocycles. The van der Waals surface area contributed by atoms with E-state index in [1.165, 1.54) is 5.56 Å². The van der Waals surface area contributed by atoms with Crippen molar-refractivity contribution in [2.24, 2.45) is 21.9 Å². The summed E-state index contributed by atoms with van der Waals surface area (Å²) in [7, 11) is -4.03. The van der Waals surface area contributed by atoms with Crippen LogP contribution in [0.1, 0.15) is 35.4 Å². The van der Waals surface area contributed by atoms with E-state index in [1.54, 1.807) is 0 Å². The Bertz CT molecular complexity index is 1190. The van der Waals surface area contributed by atoms with Crippen LogP contribution in [0.4, 0.5) is 0 Å². The molecule has 0 aromatic heterocycles. The minimum Gasteiger partial charge on any atom is -0.329 e. The van der Waals surface area contributed by atoms with Gasteiger partial charge in [0.05, 0.1) is 4.90 Å². The Morgan fingerprint density at radius 2 is 1.80 bits per heavy atom. The summed E-state index contributed by atoms with van der Waals surface area (Å²) in [6, 6.07) is 12.2. The highest BCUT2D eigenvalue weighted by atomic mass is 32.2. The van der Waals surface area contributed by atoms with Gasteiger partial charge in [-0.2, -0.15) is 0 Å². The van der Waals surface area contributed by atoms with Crippen molar-refractivity contribution in [2.75, 3.05) is 39.3 Å². The van der Waals surface area contributed by atoms with Crippen LogP contribution in [0.5, 0.6) is 0 Å². The number of likely N-dealkylation sites (tertiary alicyclic amines) is 1. The first-order chi connectivity index (χ1) is 16.9. The average Bonchev–Trinajstić information content (AvgIpc) is 3.34. The standard InChI is InChI=1S/C24H34N8O2S/c25-9-12-32-10-7-16(8-11-32)13-19-5-6-21(18-3-1-17(2-4-18)20-14-27-15-20)22(23(19)35(26,33)34)24-28-30-31-29-24/h1-6,16,20,27,30-31H,7-15,25H2,(H,28,29)(H2,26,33,34). The molecule has 0 aliphatic carbocycles. The van der Waals surface area contributed by atoms with Gasteiger partial charge in [-0.15, -0.1) is 10.6 Å². The van der Waals surface area contributed by atoms with Gasteiger partial charge in [-0.1, -0.05) is 36.4 Å². The summed E-state index contributed by atoms with van der Waals surface area (Å²) >= 11 is 0. The van der Waals surface area contributed by atoms with Gasteiger partial charge < -0.3 is 16.0 Å². The number of sulfonamides is 1. The maximum absolute atomic E-state index is 13.0. The number of primary sulfonamides is 1. The van der Waals surface area contributed by atoms with Crippen LogP contribution in [0, 0.1) is 5.92 Å². The maximum atomic E-state index is 13.0. The Kier molecular flexibility index (Phi) is 7.05. The van der Waals surface area contributed by atoms with Crippen molar-refractivity contribution in [3.05, 3.63) is 53.1 Å². The first kappa shape index (κ1) is 24.2. The Balaban J connectivity index is 1.52. The largest absolute Gasteiger partial charge is 0.329 e. The van der Waals surface area contributed by atoms with Crippen molar-refractivity contribution in [3.63, 3.8) is 0 Å². The molecule has 3 heterocycles. The molecule has 2 fully saturated rings. The van der Waals surface area contributed by atoms with Crippen molar-refractivity contribution in [2.45, 2.75) is 30.1 Å². The molecule has 2 aromatic rings. The zero-order valence-electron chi connectivity index (χ0n) is 19.8. The molecule has 0 saturated carbocycles. The molecule has 3 aliphatic rings. The van der Waals surface area contributed by atoms with E-state index in [1.807, 2.05) is 24.3 Å². The third kappa shape index (κ3) is 5.20. The molecule has 0 bridgehead atoms. The number of rotatable bonds is 8. The topological polar surface area (TPSA) is 150 Å². The molecular weight excluding hydrogens is 464 g/mol. The van der Waals surface area contributed by atoms with Gasteiger partial charge in [0, 0.05) is 37.7 Å². The molecule has 35 heavy (non-hydrogen) atoms. The highest BCUT2D eigenvalue weighted by Crippen LogP contribution is 2.35. The first-order valence-electron chi connectivity index (χ1n) is 12.2. The van der Waals surface area contributed by atoms with Gasteiger partial charge in [0.15, 0.2) is 5.84 Å². The third-order valence-corrected chi connectivity index (χ3v) is 8.34. The van der Waals surface area contributed by atoms with Crippen molar-refractivity contribution in [1.82, 2.24) is 26.7 Å². The number of piperidine rings is 1. The molecular formula is C24H34N8O2S. The van der Waals surface area contributed by atoms with E-state index in [-0.39, 0.29) is 4.90 Å². The van der Waals surface area contributed by atoms with Gasteiger partial charge in [0.2, 0.25) is 10.0 Å². The summed E-state index contributed by atoms with van der Waals surface area (Å²) in [6.07, 6.45) is 2.65. The van der Waals surface area contributed by atoms with E-state index in [4.69, 9.17) is 10.9 Å². The molecule has 188 valence electrons. The second-order valence-electron chi connectivity index (χ2n) is 9.60. The minimum atomic E-state index is -4.03. The predicted octanol–water partition coefficient (Wildman–Crippen LogP) is 0.175. The molecule has 0 unspecified atom stereocenters. The third-order valence-electron chi connectivity index (χ3n) is 7.30. The van der Waals surface area contributed by atoms with Crippen LogP contribution in [-0.2, 0) is 16.4 Å². The minimum absolute atomic E-state index is 0.142. The van der Waals surface area contributed by atoms with Crippen LogP contribution in [0.25, 0.3) is 11.1 Å². The summed E-state index contributed by atoms with van der Waals surface area (Å²) in [6.45, 7) is 5.47. The lowest BCUT2D eigenvalue weighted by Crippen LogP contribution is -2.39. The Morgan fingerprint density at radius 3 is 2.37 bits per heavy atom. The summed E-state index contributed by atoms with van der Waals surface area (Å²) in [4.78, 5) is 2.51. The summed E-state index contributed by atoms with van der Waals surface area (Å²) < 4.78 is 26.0. The van der Waals surface area contributed by atoms with E-state index < -0.39 is 10.0 Å². The van der Waals surface area contributed by atoms with Gasteiger partial charge in [-0.3, -0.25) is 5.43 Å². The lowest BCUT2D eigenvalue weighted by molar-refractivity contribution is 0.188. The number of nitrogens with two attached hydrogens (primary N) is 2. The zero-order chi connectivity index (χ0) is 24.4. The lowest BCUT2D eigenvalue weighted by atomic mass is 9.87. The Morgan fingerprint density at radius 1 is 1.06 bits per heavy atom. The molecule has 0 spiro atoms. The highest BCUT2D eigenvalue weighted by Gasteiger charge is 2.29. The second kappa shape index (κ2) is 10.2. The number of nitrogens with zero attached hydrogens (tertiary/aromatic N) is 2. The SMILES string of the molecule is NCCN1CCC(Cc2ccc(-c3ccc(C4CNC4)cc3)c(C3=NNNN3)c2S(N)(=O)=O)CC1. The van der Waals surface area contributed by atoms with E-state index in [0.717, 1.165) is 62.3 Å². The number of benzene rings is 2. The average molecular weight is 499 g/mol. The van der Waals surface area contributed by atoms with E-state index in [9.17, 15) is 8.42 Å². The Labute approximate surface area is 206 Å². The molecule has 2 aromatic carbocycles. The molecule has 11 heteroatoms. The van der Waals surface area contributed by atoms with Gasteiger partial charge >= 0.3 is 0 Å². The second-order valence-corrected chi connectivity index (χ2v) is 11.1. The van der Waals surface area contributed by atoms with Crippen LogP contribution in [0.2, 0.25) is 0 Å². The lowest BCUT2D eigenvalue weighted by Gasteiger charge is -2.32. The summed E-state index contributed by atoms with van der Waals surface area (Å²) in [5, 5.41) is 13.4. The fourth-order valence-electron chi connectivity index (χ4n) is 5.27. The van der Waals surface area contributed by atoms with Gasteiger partial charge in [0.25, 0.3) is 0 Å². The number of hydrogen-bond acceptors (Lipinski definition) is 9. The molecule has 0 atom stereocenters. The number of hydrazine groups is 2. The number of amidine groups is 1. The first-order valence-corrected chi connectivity index (χ1v) is 13.7. The molecule has 0 amide bonds. The fourth-order valence-corrected chi connectivity index (χ4v) is 6.28. The quantitative estimate of drug-likeness (QED) is 0.302. The number of hydrazone groups is 1. The van der Waals surface area contributed by atoms with E-state index in [0.29, 0.717) is 36.2 Å². The molecule has 2 saturated heterocycles. The van der Waals surface area contributed by atoms with Gasteiger partial charge in [-0.05, 0) is 60.5 Å². The predicted molar refractivity (Wildman–Crippen MR) is 137 cm³/mol. The highest BCUT2D eigenvalue weighted by molar-refractivity contribution is 7.89. The van der Waals surface area contributed by atoms with Crippen molar-refractivity contribution in [1.29, 1.82) is 0 Å². The van der Waals surface area contributed by atoms with E-state index >= 15 is 0 Å². The van der Waals surface area contributed by atoms with Crippen LogP contribution in [-0.4, -0.2) is 58.4 Å². The molecule has 8 N–H and O–H groups in total. The molecule has 5 rings (SSSR count). The number of nitrogens with one attached hydrogen (secondary N) is 4. The van der Waals surface area contributed by atoms with Crippen LogP contribution in [0.3, 0.4) is 0 Å². The number of hydrogen-bond donors (Lipinski definition) is 6. The van der Waals surface area contributed by atoms with Gasteiger partial charge in [-0.25, -0.2) is 19.1 Å². The zero-order valence-corrected chi connectivity index (χ0v) is 20.6. The molecule has 10 nitrogen and oxygen atoms in total. The van der Waals surface area contributed by atoms with Crippen molar-refractivity contribution < 1.29 is 8.42 Å². The normalized spacial score (nSPS) is 19.7. The van der Waals surface area contributed by atoms with Crippen molar-refractivity contribution >= 4 is 15.9 Å². The smallest absolute Gasteiger partial charge is 0.239 e. The van der Waals surface area contributed by atoms with Crippen molar-refractivity contribution in [3.8, 4) is 11.1 Å². The molecule has 0 radical (unpaired) electrons. The fraction of sp³-hybridized carbons (Fsp3) is 0.458. The summed E-state index contributed by atoms with van der Waals surface area (Å²) in [5.74, 6) is 1.31. The van der Waals surface area contributed by atoms with Crippen LogP contribution < -0.4 is 32.7 Å². The monoisotopic (exact) mass is 498 g/mol. The van der Waals surface area contributed by atoms with E-state index in [2.05, 4.69) is 43.9 Å². The summed E-state index contributed by atoms with van der Waals surface area (Å²) in [5.41, 5.74) is 18.2. The Hall–Kier alpha value is -2.54.